The number of benzene rings is 1. The number of amides is 1. The minimum atomic E-state index is -0.329. The van der Waals surface area contributed by atoms with Gasteiger partial charge in [0.15, 0.2) is 0 Å². The lowest BCUT2D eigenvalue weighted by Gasteiger charge is -2.19. The smallest absolute Gasteiger partial charge is 0.277 e. The third-order valence-corrected chi connectivity index (χ3v) is 3.88. The standard InChI is InChI=1S/C14H16FN3OS/c1-3-18(11-6-4-10(15)5-7-11)14(19)12-8-20-13(17-12)9(2)16/h4-9H,3,16H2,1-2H3. The van der Waals surface area contributed by atoms with Crippen LogP contribution in [-0.4, -0.2) is 17.4 Å². The fourth-order valence-corrected chi connectivity index (χ4v) is 2.55. The van der Waals surface area contributed by atoms with E-state index in [2.05, 4.69) is 4.98 Å². The molecule has 0 aliphatic rings. The van der Waals surface area contributed by atoms with Crippen molar-refractivity contribution in [2.75, 3.05) is 11.4 Å². The lowest BCUT2D eigenvalue weighted by Crippen LogP contribution is -2.31. The summed E-state index contributed by atoms with van der Waals surface area (Å²) < 4.78 is 12.9. The van der Waals surface area contributed by atoms with Gasteiger partial charge in [0, 0.05) is 17.6 Å². The molecule has 6 heteroatoms. The normalized spacial score (nSPS) is 12.2. The highest BCUT2D eigenvalue weighted by Gasteiger charge is 2.19. The Bertz CT molecular complexity index is 595. The summed E-state index contributed by atoms with van der Waals surface area (Å²) in [6, 6.07) is 5.63. The van der Waals surface area contributed by atoms with Crippen LogP contribution >= 0.6 is 11.3 Å². The van der Waals surface area contributed by atoms with E-state index in [0.717, 1.165) is 5.01 Å². The summed E-state index contributed by atoms with van der Waals surface area (Å²) in [6.07, 6.45) is 0. The summed E-state index contributed by atoms with van der Waals surface area (Å²) in [7, 11) is 0. The monoisotopic (exact) mass is 293 g/mol. The SMILES string of the molecule is CCN(C(=O)c1csc(C(C)N)n1)c1ccc(F)cc1. The molecule has 1 unspecified atom stereocenters. The van der Waals surface area contributed by atoms with Gasteiger partial charge < -0.3 is 10.6 Å². The van der Waals surface area contributed by atoms with Crippen LogP contribution in [0.3, 0.4) is 0 Å². The van der Waals surface area contributed by atoms with Crippen LogP contribution in [0.25, 0.3) is 0 Å². The van der Waals surface area contributed by atoms with Gasteiger partial charge in [-0.25, -0.2) is 9.37 Å². The van der Waals surface area contributed by atoms with Crippen molar-refractivity contribution in [3.05, 3.63) is 46.2 Å². The molecule has 0 radical (unpaired) electrons. The lowest BCUT2D eigenvalue weighted by molar-refractivity contribution is 0.0984. The second-order valence-corrected chi connectivity index (χ2v) is 5.28. The number of nitrogens with two attached hydrogens (primary N) is 1. The molecule has 1 atom stereocenters. The Morgan fingerprint density at radius 3 is 2.60 bits per heavy atom. The van der Waals surface area contributed by atoms with Gasteiger partial charge in [0.2, 0.25) is 0 Å². The zero-order valence-electron chi connectivity index (χ0n) is 11.3. The van der Waals surface area contributed by atoms with E-state index < -0.39 is 0 Å². The molecule has 0 saturated carbocycles. The van der Waals surface area contributed by atoms with Crippen LogP contribution in [0.4, 0.5) is 10.1 Å². The summed E-state index contributed by atoms with van der Waals surface area (Å²) in [5, 5.41) is 2.43. The van der Waals surface area contributed by atoms with E-state index in [-0.39, 0.29) is 17.8 Å². The van der Waals surface area contributed by atoms with Crippen LogP contribution in [0, 0.1) is 5.82 Å². The number of thiazole rings is 1. The van der Waals surface area contributed by atoms with Crippen molar-refractivity contribution < 1.29 is 9.18 Å². The molecule has 0 saturated heterocycles. The molecule has 20 heavy (non-hydrogen) atoms. The van der Waals surface area contributed by atoms with Gasteiger partial charge in [0.25, 0.3) is 5.91 Å². The van der Waals surface area contributed by atoms with Crippen LogP contribution in [0.5, 0.6) is 0 Å². The van der Waals surface area contributed by atoms with Gasteiger partial charge in [0.1, 0.15) is 16.5 Å². The Morgan fingerprint density at radius 1 is 1.45 bits per heavy atom. The van der Waals surface area contributed by atoms with E-state index in [0.29, 0.717) is 17.9 Å². The minimum Gasteiger partial charge on any atom is -0.322 e. The van der Waals surface area contributed by atoms with Gasteiger partial charge in [-0.1, -0.05) is 0 Å². The predicted octanol–water partition coefficient (Wildman–Crippen LogP) is 2.97. The van der Waals surface area contributed by atoms with E-state index in [1.807, 2.05) is 13.8 Å². The number of hydrogen-bond donors (Lipinski definition) is 1. The van der Waals surface area contributed by atoms with Gasteiger partial charge in [-0.05, 0) is 38.1 Å². The second kappa shape index (κ2) is 6.11. The fraction of sp³-hybridized carbons (Fsp3) is 0.286. The summed E-state index contributed by atoms with van der Waals surface area (Å²) in [5.74, 6) is -0.535. The van der Waals surface area contributed by atoms with Crippen LogP contribution in [0.1, 0.15) is 35.4 Å². The number of aromatic nitrogens is 1. The molecule has 1 aromatic heterocycles. The molecular formula is C14H16FN3OS. The van der Waals surface area contributed by atoms with Crippen LogP contribution < -0.4 is 10.6 Å². The average molecular weight is 293 g/mol. The van der Waals surface area contributed by atoms with Crippen molar-refractivity contribution >= 4 is 22.9 Å². The Kier molecular flexibility index (Phi) is 4.46. The number of anilines is 1. The fourth-order valence-electron chi connectivity index (χ4n) is 1.80. The molecule has 1 heterocycles. The van der Waals surface area contributed by atoms with Gasteiger partial charge in [0.05, 0.1) is 6.04 Å². The number of carbonyl (C=O) groups excluding carboxylic acids is 1. The number of halogens is 1. The van der Waals surface area contributed by atoms with Crippen molar-refractivity contribution in [1.82, 2.24) is 4.98 Å². The maximum absolute atomic E-state index is 12.9. The molecule has 0 spiro atoms. The zero-order chi connectivity index (χ0) is 14.7. The highest BCUT2D eigenvalue weighted by Crippen LogP contribution is 2.21. The summed E-state index contributed by atoms with van der Waals surface area (Å²) in [5.41, 5.74) is 6.76. The van der Waals surface area contributed by atoms with E-state index >= 15 is 0 Å². The van der Waals surface area contributed by atoms with Crippen molar-refractivity contribution in [2.45, 2.75) is 19.9 Å². The molecule has 0 aliphatic heterocycles. The largest absolute Gasteiger partial charge is 0.322 e. The predicted molar refractivity (Wildman–Crippen MR) is 78.5 cm³/mol. The quantitative estimate of drug-likeness (QED) is 0.942. The Labute approximate surface area is 121 Å². The van der Waals surface area contributed by atoms with Gasteiger partial charge in [-0.2, -0.15) is 0 Å². The molecule has 1 amide bonds. The van der Waals surface area contributed by atoms with E-state index in [1.54, 1.807) is 22.4 Å². The topological polar surface area (TPSA) is 59.2 Å². The number of hydrogen-bond acceptors (Lipinski definition) is 4. The molecule has 0 fully saturated rings. The van der Waals surface area contributed by atoms with Crippen LogP contribution in [-0.2, 0) is 0 Å². The first-order valence-electron chi connectivity index (χ1n) is 6.31. The highest BCUT2D eigenvalue weighted by molar-refractivity contribution is 7.09. The number of rotatable bonds is 4. The molecule has 4 nitrogen and oxygen atoms in total. The van der Waals surface area contributed by atoms with E-state index in [1.165, 1.54) is 23.5 Å². The van der Waals surface area contributed by atoms with E-state index in [4.69, 9.17) is 5.73 Å². The Morgan fingerprint density at radius 2 is 2.10 bits per heavy atom. The minimum absolute atomic E-state index is 0.192. The molecular weight excluding hydrogens is 277 g/mol. The van der Waals surface area contributed by atoms with Crippen LogP contribution in [0.15, 0.2) is 29.6 Å². The van der Waals surface area contributed by atoms with Crippen molar-refractivity contribution in [2.24, 2.45) is 5.73 Å². The summed E-state index contributed by atoms with van der Waals surface area (Å²) >= 11 is 1.37. The van der Waals surface area contributed by atoms with Crippen LogP contribution in [0.2, 0.25) is 0 Å². The number of carbonyl (C=O) groups is 1. The van der Waals surface area contributed by atoms with Crippen molar-refractivity contribution in [3.8, 4) is 0 Å². The molecule has 0 aliphatic carbocycles. The zero-order valence-corrected chi connectivity index (χ0v) is 12.2. The highest BCUT2D eigenvalue weighted by atomic mass is 32.1. The van der Waals surface area contributed by atoms with Crippen molar-refractivity contribution in [1.29, 1.82) is 0 Å². The summed E-state index contributed by atoms with van der Waals surface area (Å²) in [6.45, 7) is 4.17. The third-order valence-electron chi connectivity index (χ3n) is 2.83. The molecule has 2 rings (SSSR count). The summed E-state index contributed by atoms with van der Waals surface area (Å²) in [4.78, 5) is 18.2. The third kappa shape index (κ3) is 3.02. The second-order valence-electron chi connectivity index (χ2n) is 4.39. The Hall–Kier alpha value is -1.79. The first-order chi connectivity index (χ1) is 9.52. The van der Waals surface area contributed by atoms with Gasteiger partial charge in [-0.15, -0.1) is 11.3 Å². The van der Waals surface area contributed by atoms with E-state index in [9.17, 15) is 9.18 Å². The first-order valence-corrected chi connectivity index (χ1v) is 7.19. The lowest BCUT2D eigenvalue weighted by atomic mass is 10.2. The van der Waals surface area contributed by atoms with Crippen molar-refractivity contribution in [3.63, 3.8) is 0 Å². The average Bonchev–Trinajstić information content (AvgIpc) is 2.91. The molecule has 106 valence electrons. The maximum Gasteiger partial charge on any atom is 0.277 e. The molecule has 2 N–H and O–H groups in total. The molecule has 1 aromatic carbocycles. The number of nitrogens with zero attached hydrogens (tertiary/aromatic N) is 2. The van der Waals surface area contributed by atoms with Gasteiger partial charge in [-0.3, -0.25) is 4.79 Å². The molecule has 2 aromatic rings. The molecule has 0 bridgehead atoms. The van der Waals surface area contributed by atoms with Gasteiger partial charge >= 0.3 is 0 Å². The maximum atomic E-state index is 12.9. The Balaban J connectivity index is 2.26. The first kappa shape index (κ1) is 14.6.